The van der Waals surface area contributed by atoms with Crippen molar-refractivity contribution < 1.29 is 19.4 Å². The maximum absolute atomic E-state index is 11.9. The summed E-state index contributed by atoms with van der Waals surface area (Å²) in [6.45, 7) is 2.96. The normalized spacial score (nSPS) is 10.3. The predicted molar refractivity (Wildman–Crippen MR) is 84.0 cm³/mol. The first-order chi connectivity index (χ1) is 11.1. The summed E-state index contributed by atoms with van der Waals surface area (Å²) in [6, 6.07) is 7.51. The minimum absolute atomic E-state index is 0.134. The van der Waals surface area contributed by atoms with Gasteiger partial charge in [0, 0.05) is 24.3 Å². The number of carboxylic acid groups (broad SMARTS) is 1. The number of nitrogens with one attached hydrogen (secondary N) is 1. The third-order valence-electron chi connectivity index (χ3n) is 2.96. The topological polar surface area (TPSA) is 91.3 Å². The highest BCUT2D eigenvalue weighted by molar-refractivity contribution is 7.09. The standard InChI is InChI=1S/C16H18N2O4S/c1-2-22-13-5-3-11(4-6-13)9-17-14(19)8-15-18-12(10-23-15)7-16(20)21/h3-6,10H,2,7-9H2,1H3,(H,17,19)(H,20,21)/p-1. The lowest BCUT2D eigenvalue weighted by atomic mass is 10.2. The van der Waals surface area contributed by atoms with E-state index in [1.54, 1.807) is 5.38 Å². The van der Waals surface area contributed by atoms with Crippen molar-refractivity contribution in [2.45, 2.75) is 26.3 Å². The third kappa shape index (κ3) is 5.71. The Labute approximate surface area is 138 Å². The van der Waals surface area contributed by atoms with Gasteiger partial charge in [-0.25, -0.2) is 4.98 Å². The van der Waals surface area contributed by atoms with E-state index in [9.17, 15) is 14.7 Å². The van der Waals surface area contributed by atoms with Gasteiger partial charge in [0.25, 0.3) is 0 Å². The van der Waals surface area contributed by atoms with Gasteiger partial charge in [-0.1, -0.05) is 12.1 Å². The molecule has 0 radical (unpaired) electrons. The molecule has 1 aromatic heterocycles. The van der Waals surface area contributed by atoms with Gasteiger partial charge in [-0.3, -0.25) is 4.79 Å². The Morgan fingerprint density at radius 3 is 2.65 bits per heavy atom. The summed E-state index contributed by atoms with van der Waals surface area (Å²) in [7, 11) is 0. The molecule has 7 heteroatoms. The van der Waals surface area contributed by atoms with Crippen LogP contribution in [0, 0.1) is 0 Å². The molecule has 23 heavy (non-hydrogen) atoms. The van der Waals surface area contributed by atoms with Gasteiger partial charge >= 0.3 is 0 Å². The van der Waals surface area contributed by atoms with Gasteiger partial charge in [0.1, 0.15) is 10.8 Å². The Morgan fingerprint density at radius 1 is 1.26 bits per heavy atom. The van der Waals surface area contributed by atoms with Crippen LogP contribution < -0.4 is 15.2 Å². The van der Waals surface area contributed by atoms with Crippen molar-refractivity contribution in [3.8, 4) is 5.75 Å². The lowest BCUT2D eigenvalue weighted by Gasteiger charge is -2.06. The minimum atomic E-state index is -1.18. The molecule has 0 saturated carbocycles. The Hall–Kier alpha value is -2.41. The van der Waals surface area contributed by atoms with Crippen LogP contribution in [0.15, 0.2) is 29.6 Å². The van der Waals surface area contributed by atoms with Crippen molar-refractivity contribution in [3.05, 3.63) is 45.9 Å². The number of ether oxygens (including phenoxy) is 1. The molecule has 1 heterocycles. The average molecular weight is 333 g/mol. The first-order valence-corrected chi connectivity index (χ1v) is 8.06. The van der Waals surface area contributed by atoms with E-state index in [2.05, 4.69) is 10.3 Å². The molecule has 0 atom stereocenters. The Bertz CT molecular complexity index is 667. The lowest BCUT2D eigenvalue weighted by molar-refractivity contribution is -0.304. The number of hydrogen-bond acceptors (Lipinski definition) is 6. The molecule has 0 unspecified atom stereocenters. The fourth-order valence-electron chi connectivity index (χ4n) is 1.93. The minimum Gasteiger partial charge on any atom is -0.550 e. The molecule has 0 fully saturated rings. The SMILES string of the molecule is CCOc1ccc(CNC(=O)Cc2nc(CC(=O)[O-])cs2)cc1. The third-order valence-corrected chi connectivity index (χ3v) is 3.86. The van der Waals surface area contributed by atoms with Gasteiger partial charge in [0.05, 0.1) is 18.7 Å². The largest absolute Gasteiger partial charge is 0.550 e. The van der Waals surface area contributed by atoms with Crippen LogP contribution in [0.25, 0.3) is 0 Å². The van der Waals surface area contributed by atoms with Crippen LogP contribution in [-0.4, -0.2) is 23.5 Å². The molecule has 0 aliphatic heterocycles. The molecular weight excluding hydrogens is 316 g/mol. The molecule has 2 rings (SSSR count). The van der Waals surface area contributed by atoms with Gasteiger partial charge in [-0.2, -0.15) is 0 Å². The number of rotatable bonds is 8. The highest BCUT2D eigenvalue weighted by Gasteiger charge is 2.08. The summed E-state index contributed by atoms with van der Waals surface area (Å²) < 4.78 is 5.35. The number of carbonyl (C=O) groups is 2. The molecule has 122 valence electrons. The van der Waals surface area contributed by atoms with E-state index in [4.69, 9.17) is 4.74 Å². The number of nitrogens with zero attached hydrogens (tertiary/aromatic N) is 1. The van der Waals surface area contributed by atoms with Crippen molar-refractivity contribution in [2.75, 3.05) is 6.61 Å². The smallest absolute Gasteiger partial charge is 0.227 e. The van der Waals surface area contributed by atoms with Crippen LogP contribution in [0.4, 0.5) is 0 Å². The fourth-order valence-corrected chi connectivity index (χ4v) is 2.72. The van der Waals surface area contributed by atoms with Crippen LogP contribution >= 0.6 is 11.3 Å². The van der Waals surface area contributed by atoms with Crippen LogP contribution in [0.5, 0.6) is 5.75 Å². The molecule has 0 saturated heterocycles. The van der Waals surface area contributed by atoms with Gasteiger partial charge in [0.15, 0.2) is 0 Å². The van der Waals surface area contributed by atoms with Gasteiger partial charge in [-0.15, -0.1) is 11.3 Å². The van der Waals surface area contributed by atoms with Crippen LogP contribution in [0.1, 0.15) is 23.2 Å². The molecule has 0 bridgehead atoms. The second kappa shape index (κ2) is 8.28. The summed E-state index contributed by atoms with van der Waals surface area (Å²) >= 11 is 1.27. The summed E-state index contributed by atoms with van der Waals surface area (Å²) in [5, 5.41) is 15.5. The van der Waals surface area contributed by atoms with E-state index in [-0.39, 0.29) is 18.7 Å². The number of benzene rings is 1. The number of thiazole rings is 1. The van der Waals surface area contributed by atoms with Gasteiger partial charge < -0.3 is 20.0 Å². The van der Waals surface area contributed by atoms with Crippen LogP contribution in [0.2, 0.25) is 0 Å². The number of aliphatic carboxylic acids is 1. The fraction of sp³-hybridized carbons (Fsp3) is 0.312. The van der Waals surface area contributed by atoms with Crippen molar-refractivity contribution in [1.29, 1.82) is 0 Å². The monoisotopic (exact) mass is 333 g/mol. The molecule has 0 spiro atoms. The van der Waals surface area contributed by atoms with Crippen LogP contribution in [-0.2, 0) is 29.0 Å². The number of hydrogen-bond donors (Lipinski definition) is 1. The van der Waals surface area contributed by atoms with E-state index in [1.165, 1.54) is 11.3 Å². The highest BCUT2D eigenvalue weighted by atomic mass is 32.1. The van der Waals surface area contributed by atoms with Gasteiger partial charge in [-0.05, 0) is 24.6 Å². The first kappa shape index (κ1) is 17.0. The molecule has 1 aromatic carbocycles. The van der Waals surface area contributed by atoms with E-state index in [1.807, 2.05) is 31.2 Å². The van der Waals surface area contributed by atoms with Crippen molar-refractivity contribution in [3.63, 3.8) is 0 Å². The first-order valence-electron chi connectivity index (χ1n) is 7.18. The molecule has 1 amide bonds. The Morgan fingerprint density at radius 2 is 2.00 bits per heavy atom. The zero-order valence-corrected chi connectivity index (χ0v) is 13.5. The zero-order valence-electron chi connectivity index (χ0n) is 12.7. The van der Waals surface area contributed by atoms with E-state index in [0.29, 0.717) is 23.9 Å². The summed E-state index contributed by atoms with van der Waals surface area (Å²) in [4.78, 5) is 26.5. The number of carbonyl (C=O) groups excluding carboxylic acids is 2. The Kier molecular flexibility index (Phi) is 6.10. The second-order valence-corrected chi connectivity index (χ2v) is 5.75. The second-order valence-electron chi connectivity index (χ2n) is 4.81. The van der Waals surface area contributed by atoms with Crippen LogP contribution in [0.3, 0.4) is 0 Å². The predicted octanol–water partition coefficient (Wildman–Crippen LogP) is 0.693. The quantitative estimate of drug-likeness (QED) is 0.767. The van der Waals surface area contributed by atoms with Crippen molar-refractivity contribution >= 4 is 23.2 Å². The van der Waals surface area contributed by atoms with Crippen molar-refractivity contribution in [2.24, 2.45) is 0 Å². The molecule has 6 nitrogen and oxygen atoms in total. The molecule has 1 N–H and O–H groups in total. The number of aromatic nitrogens is 1. The van der Waals surface area contributed by atoms with E-state index < -0.39 is 5.97 Å². The maximum atomic E-state index is 11.9. The average Bonchev–Trinajstić information content (AvgIpc) is 2.93. The summed E-state index contributed by atoms with van der Waals surface area (Å²) in [6.07, 6.45) is -0.0982. The maximum Gasteiger partial charge on any atom is 0.227 e. The van der Waals surface area contributed by atoms with Gasteiger partial charge in [0.2, 0.25) is 5.91 Å². The molecular formula is C16H17N2O4S-. The highest BCUT2D eigenvalue weighted by Crippen LogP contribution is 2.13. The zero-order chi connectivity index (χ0) is 16.7. The van der Waals surface area contributed by atoms with E-state index >= 15 is 0 Å². The summed E-state index contributed by atoms with van der Waals surface area (Å²) in [5.74, 6) is -0.541. The summed E-state index contributed by atoms with van der Waals surface area (Å²) in [5.41, 5.74) is 1.39. The van der Waals surface area contributed by atoms with Crippen molar-refractivity contribution in [1.82, 2.24) is 10.3 Å². The Balaban J connectivity index is 1.80. The lowest BCUT2D eigenvalue weighted by Crippen LogP contribution is -2.25. The van der Waals surface area contributed by atoms with E-state index in [0.717, 1.165) is 11.3 Å². The number of carboxylic acids is 1. The molecule has 2 aromatic rings. The molecule has 0 aliphatic rings. The number of amides is 1. The molecule has 0 aliphatic carbocycles.